The number of ketones is 1. The molecule has 3 nitrogen and oxygen atoms in total. The fraction of sp³-hybridized carbons (Fsp3) is 0.462. The van der Waals surface area contributed by atoms with Crippen molar-refractivity contribution in [2.24, 2.45) is 0 Å². The molecule has 1 saturated carbocycles. The molecular formula is C13H14O3S. The molecule has 3 rings (SSSR count). The second-order valence-corrected chi connectivity index (χ2v) is 6.54. The summed E-state index contributed by atoms with van der Waals surface area (Å²) < 4.78 is 18.0. The molecule has 0 aromatic heterocycles. The lowest BCUT2D eigenvalue weighted by Crippen LogP contribution is -2.30. The summed E-state index contributed by atoms with van der Waals surface area (Å²) in [6.07, 6.45) is 1.16. The summed E-state index contributed by atoms with van der Waals surface area (Å²) in [6, 6.07) is 7.44. The Kier molecular flexibility index (Phi) is 2.14. The van der Waals surface area contributed by atoms with E-state index in [1.54, 1.807) is 0 Å². The maximum absolute atomic E-state index is 12.5. The Balaban J connectivity index is 1.99. The highest BCUT2D eigenvalue weighted by molar-refractivity contribution is 7.87. The Hall–Kier alpha value is -1.00. The lowest BCUT2D eigenvalue weighted by molar-refractivity contribution is -0.121. The first-order valence-corrected chi connectivity index (χ1v) is 6.87. The first-order chi connectivity index (χ1) is 7.99. The molecule has 2 aliphatic rings. The molecule has 1 heterocycles. The van der Waals surface area contributed by atoms with E-state index in [4.69, 9.17) is 4.74 Å². The number of hydrogen-bond acceptors (Lipinski definition) is 3. The molecule has 0 amide bonds. The summed E-state index contributed by atoms with van der Waals surface area (Å²) in [4.78, 5) is 11.5. The van der Waals surface area contributed by atoms with Gasteiger partial charge >= 0.3 is 0 Å². The van der Waals surface area contributed by atoms with Gasteiger partial charge in [0.25, 0.3) is 0 Å². The van der Waals surface area contributed by atoms with Gasteiger partial charge in [0.1, 0.15) is 5.60 Å². The number of epoxide rings is 1. The van der Waals surface area contributed by atoms with Crippen LogP contribution in [0.1, 0.15) is 25.3 Å². The van der Waals surface area contributed by atoms with E-state index in [9.17, 15) is 9.00 Å². The Morgan fingerprint density at radius 1 is 1.29 bits per heavy atom. The van der Waals surface area contributed by atoms with Crippen LogP contribution in [0.2, 0.25) is 0 Å². The van der Waals surface area contributed by atoms with Crippen molar-refractivity contribution in [3.8, 4) is 0 Å². The van der Waals surface area contributed by atoms with Crippen molar-refractivity contribution in [1.29, 1.82) is 0 Å². The number of aryl methyl sites for hydroxylation is 1. The lowest BCUT2D eigenvalue weighted by Gasteiger charge is -2.08. The SMILES string of the molecule is Cc1ccc(S(=O)[C@@]23O[C@]2(C)CCC3=O)cc1. The van der Waals surface area contributed by atoms with E-state index in [0.29, 0.717) is 17.7 Å². The number of ether oxygens (including phenoxy) is 1. The van der Waals surface area contributed by atoms with Crippen molar-refractivity contribution in [3.63, 3.8) is 0 Å². The predicted octanol–water partition coefficient (Wildman–Crippen LogP) is 1.95. The number of fused-ring (bicyclic) bond motifs is 1. The Morgan fingerprint density at radius 2 is 1.94 bits per heavy atom. The largest absolute Gasteiger partial charge is 0.341 e. The van der Waals surface area contributed by atoms with Crippen molar-refractivity contribution in [2.45, 2.75) is 42.1 Å². The third-order valence-corrected chi connectivity index (χ3v) is 5.68. The second kappa shape index (κ2) is 3.27. The van der Waals surface area contributed by atoms with Crippen LogP contribution in [0.5, 0.6) is 0 Å². The Morgan fingerprint density at radius 3 is 2.41 bits per heavy atom. The standard InChI is InChI=1S/C13H14O3S/c1-9-3-5-10(6-4-9)17(15)13-11(14)7-8-12(13,2)16-13/h3-6H,7-8H2,1-2H3/t12-,13-,17?/m1/s1. The molecule has 4 heteroatoms. The van der Waals surface area contributed by atoms with Crippen LogP contribution in [0.25, 0.3) is 0 Å². The fourth-order valence-electron chi connectivity index (χ4n) is 2.54. The van der Waals surface area contributed by atoms with Crippen molar-refractivity contribution in [1.82, 2.24) is 0 Å². The first-order valence-electron chi connectivity index (χ1n) is 5.72. The van der Waals surface area contributed by atoms with Crippen LogP contribution in [-0.2, 0) is 20.3 Å². The summed E-state index contributed by atoms with van der Waals surface area (Å²) >= 11 is 0. The highest BCUT2D eigenvalue weighted by Crippen LogP contribution is 2.60. The maximum atomic E-state index is 12.5. The Bertz CT molecular complexity index is 522. The highest BCUT2D eigenvalue weighted by atomic mass is 32.2. The van der Waals surface area contributed by atoms with E-state index in [1.165, 1.54) is 0 Å². The van der Waals surface area contributed by atoms with E-state index < -0.39 is 21.3 Å². The fourth-order valence-corrected chi connectivity index (χ4v) is 4.32. The predicted molar refractivity (Wildman–Crippen MR) is 64.0 cm³/mol. The zero-order valence-electron chi connectivity index (χ0n) is 9.86. The van der Waals surface area contributed by atoms with Crippen LogP contribution in [0, 0.1) is 6.92 Å². The first kappa shape index (κ1) is 11.1. The summed E-state index contributed by atoms with van der Waals surface area (Å²) in [5.41, 5.74) is 0.611. The molecule has 0 N–H and O–H groups in total. The average molecular weight is 250 g/mol. The van der Waals surface area contributed by atoms with Gasteiger partial charge < -0.3 is 4.74 Å². The molecule has 2 fully saturated rings. The molecular weight excluding hydrogens is 236 g/mol. The zero-order valence-corrected chi connectivity index (χ0v) is 10.7. The van der Waals surface area contributed by atoms with Gasteiger partial charge in [0.05, 0.1) is 10.8 Å². The molecule has 1 unspecified atom stereocenters. The van der Waals surface area contributed by atoms with Crippen LogP contribution in [0.15, 0.2) is 29.2 Å². The topological polar surface area (TPSA) is 46.7 Å². The molecule has 1 saturated heterocycles. The van der Waals surface area contributed by atoms with Gasteiger partial charge in [-0.2, -0.15) is 0 Å². The third-order valence-electron chi connectivity index (χ3n) is 3.72. The lowest BCUT2D eigenvalue weighted by atomic mass is 10.1. The van der Waals surface area contributed by atoms with Gasteiger partial charge in [-0.05, 0) is 32.4 Å². The highest BCUT2D eigenvalue weighted by Gasteiger charge is 2.78. The van der Waals surface area contributed by atoms with E-state index >= 15 is 0 Å². The molecule has 1 aliphatic heterocycles. The van der Waals surface area contributed by atoms with Crippen molar-refractivity contribution in [3.05, 3.63) is 29.8 Å². The number of carbonyl (C=O) groups excluding carboxylic acids is 1. The van der Waals surface area contributed by atoms with Crippen LogP contribution in [0.3, 0.4) is 0 Å². The maximum Gasteiger partial charge on any atom is 0.235 e. The van der Waals surface area contributed by atoms with Gasteiger partial charge in [-0.3, -0.25) is 9.00 Å². The number of carbonyl (C=O) groups is 1. The average Bonchev–Trinajstić information content (AvgIpc) is 2.87. The normalized spacial score (nSPS) is 36.7. The molecule has 0 radical (unpaired) electrons. The molecule has 90 valence electrons. The quantitative estimate of drug-likeness (QED) is 0.754. The van der Waals surface area contributed by atoms with E-state index in [1.807, 2.05) is 38.1 Å². The van der Waals surface area contributed by atoms with Gasteiger partial charge in [-0.15, -0.1) is 0 Å². The Labute approximate surface area is 103 Å². The summed E-state index contributed by atoms with van der Waals surface area (Å²) in [7, 11) is -1.40. The minimum Gasteiger partial charge on any atom is -0.341 e. The minimum atomic E-state index is -1.40. The summed E-state index contributed by atoms with van der Waals surface area (Å²) in [5.74, 6) is -0.0149. The molecule has 17 heavy (non-hydrogen) atoms. The molecule has 1 aromatic carbocycles. The molecule has 0 bridgehead atoms. The number of rotatable bonds is 2. The van der Waals surface area contributed by atoms with Crippen LogP contribution < -0.4 is 0 Å². The smallest absolute Gasteiger partial charge is 0.235 e. The van der Waals surface area contributed by atoms with Gasteiger partial charge in [0.15, 0.2) is 5.78 Å². The van der Waals surface area contributed by atoms with E-state index in [2.05, 4.69) is 0 Å². The number of Topliss-reactive ketones (excluding diaryl/α,β-unsaturated/α-hetero) is 1. The monoisotopic (exact) mass is 250 g/mol. The van der Waals surface area contributed by atoms with Crippen LogP contribution in [-0.4, -0.2) is 20.5 Å². The molecule has 1 aromatic rings. The van der Waals surface area contributed by atoms with Gasteiger partial charge in [-0.25, -0.2) is 0 Å². The van der Waals surface area contributed by atoms with E-state index in [0.717, 1.165) is 5.56 Å². The third kappa shape index (κ3) is 1.31. The zero-order chi connectivity index (χ0) is 12.3. The number of hydrogen-bond donors (Lipinski definition) is 0. The second-order valence-electron chi connectivity index (χ2n) is 4.95. The molecule has 3 atom stereocenters. The molecule has 0 spiro atoms. The van der Waals surface area contributed by atoms with Crippen LogP contribution in [0.4, 0.5) is 0 Å². The summed E-state index contributed by atoms with van der Waals surface area (Å²) in [6.45, 7) is 3.85. The van der Waals surface area contributed by atoms with Gasteiger partial charge in [-0.1, -0.05) is 17.7 Å². The number of benzene rings is 1. The van der Waals surface area contributed by atoms with Crippen molar-refractivity contribution < 1.29 is 13.7 Å². The van der Waals surface area contributed by atoms with Crippen LogP contribution >= 0.6 is 0 Å². The molecule has 1 aliphatic carbocycles. The van der Waals surface area contributed by atoms with Crippen molar-refractivity contribution >= 4 is 16.6 Å². The summed E-state index contributed by atoms with van der Waals surface area (Å²) in [5, 5.41) is 0. The van der Waals surface area contributed by atoms with Gasteiger partial charge in [0, 0.05) is 11.3 Å². The van der Waals surface area contributed by atoms with Crippen molar-refractivity contribution in [2.75, 3.05) is 0 Å². The minimum absolute atomic E-state index is 0.0149. The van der Waals surface area contributed by atoms with Gasteiger partial charge in [0.2, 0.25) is 4.93 Å². The van der Waals surface area contributed by atoms with E-state index in [-0.39, 0.29) is 5.78 Å².